The molecule has 320 valence electrons. The molecule has 2 fully saturated rings. The summed E-state index contributed by atoms with van der Waals surface area (Å²) in [6, 6.07) is 2.31. The number of carbonyl (C=O) groups excluding carboxylic acids is 3. The van der Waals surface area contributed by atoms with E-state index in [0.29, 0.717) is 36.7 Å². The van der Waals surface area contributed by atoms with E-state index in [9.17, 15) is 34.8 Å². The van der Waals surface area contributed by atoms with Gasteiger partial charge in [-0.2, -0.15) is 0 Å². The van der Waals surface area contributed by atoms with E-state index in [1.54, 1.807) is 6.08 Å². The third kappa shape index (κ3) is 6.12. The number of aliphatic carboxylic acids is 1. The average molecular weight is 821 g/mol. The highest BCUT2D eigenvalue weighted by molar-refractivity contribution is 6.24. The first-order chi connectivity index (χ1) is 28.2. The van der Waals surface area contributed by atoms with Gasteiger partial charge in [0.25, 0.3) is 0 Å². The van der Waals surface area contributed by atoms with Crippen molar-refractivity contribution in [2.24, 2.45) is 57.7 Å². The molecule has 1 heterocycles. The van der Waals surface area contributed by atoms with Gasteiger partial charge in [0, 0.05) is 23.6 Å². The Morgan fingerprint density at radius 2 is 1.72 bits per heavy atom. The zero-order chi connectivity index (χ0) is 43.4. The first kappa shape index (κ1) is 42.0. The van der Waals surface area contributed by atoms with E-state index < -0.39 is 52.3 Å². The van der Waals surface area contributed by atoms with Crippen LogP contribution in [0.5, 0.6) is 11.5 Å². The summed E-state index contributed by atoms with van der Waals surface area (Å²) in [7, 11) is 0. The van der Waals surface area contributed by atoms with Crippen LogP contribution in [0.4, 0.5) is 0 Å². The highest BCUT2D eigenvalue weighted by atomic mass is 16.6. The van der Waals surface area contributed by atoms with Crippen molar-refractivity contribution in [2.75, 3.05) is 6.61 Å². The zero-order valence-electron chi connectivity index (χ0n) is 36.1. The number of esters is 1. The Morgan fingerprint density at radius 3 is 2.40 bits per heavy atom. The number of hydrogen-bond donors (Lipinski definition) is 4. The third-order valence-electron chi connectivity index (χ3n) is 16.4. The molecule has 0 aromatic heterocycles. The number of carboxylic acid groups (broad SMARTS) is 1. The number of hydrogen-bond acceptors (Lipinski definition) is 9. The molecule has 11 atom stereocenters. The maximum atomic E-state index is 16.2. The standard InChI is InChI=1S/C50H60O10/c1-25(2)26(3)9-10-27(4)36-18-29-23-50(38-20-30-19-31(51)13-15-47(30,6)35-14-16-48(36,7)43(29)42(35)38)37-22-33(11-12-40(54)55)59-24-34(37)44(56)49(8,46(50)58)60-45(57)41-28(5)17-32(52)21-39(41)53/h9-12,17,20-22,25-27,29,31,35-36,38,51-53H,13-16,18-19,23-24H2,1-8H3,(H,54,55)/b10-9+,12-11+/t26-,27+,29+,31-,35?,36+,38+,47-,48+,49-,50-/m0/s1. The van der Waals surface area contributed by atoms with Crippen LogP contribution in [0.2, 0.25) is 0 Å². The van der Waals surface area contributed by atoms with Gasteiger partial charge in [0.1, 0.15) is 29.4 Å². The Kier molecular flexibility index (Phi) is 10.1. The number of carboxylic acids is 1. The van der Waals surface area contributed by atoms with Gasteiger partial charge in [-0.15, -0.1) is 0 Å². The van der Waals surface area contributed by atoms with Crippen LogP contribution < -0.4 is 0 Å². The van der Waals surface area contributed by atoms with Gasteiger partial charge >= 0.3 is 11.9 Å². The summed E-state index contributed by atoms with van der Waals surface area (Å²) in [6.45, 7) is 16.4. The lowest BCUT2D eigenvalue weighted by molar-refractivity contribution is -0.158. The van der Waals surface area contributed by atoms with E-state index in [0.717, 1.165) is 43.4 Å². The molecular weight excluding hydrogens is 761 g/mol. The van der Waals surface area contributed by atoms with Crippen molar-refractivity contribution in [1.29, 1.82) is 0 Å². The van der Waals surface area contributed by atoms with E-state index in [1.165, 1.54) is 37.1 Å². The van der Waals surface area contributed by atoms with Gasteiger partial charge in [-0.05, 0) is 134 Å². The fourth-order valence-electron chi connectivity index (χ4n) is 13.0. The second-order valence-electron chi connectivity index (χ2n) is 20.1. The number of aliphatic hydroxyl groups is 1. The number of carbonyl (C=O) groups is 4. The van der Waals surface area contributed by atoms with Crippen molar-refractivity contribution in [3.63, 3.8) is 0 Å². The van der Waals surface area contributed by atoms with Crippen LogP contribution >= 0.6 is 0 Å². The molecular formula is C50H60O10. The van der Waals surface area contributed by atoms with E-state index in [2.05, 4.69) is 59.8 Å². The van der Waals surface area contributed by atoms with Gasteiger partial charge < -0.3 is 29.9 Å². The lowest BCUT2D eigenvalue weighted by atomic mass is 9.41. The molecule has 6 aliphatic carbocycles. The fraction of sp³-hybridized carbons (Fsp3) is 0.560. The number of aryl methyl sites for hydroxylation is 1. The SMILES string of the molecule is Cc1cc(O)cc(O)c1C(=O)O[C@@]1(C)C(=O)C2=C(C=C(/C=C/C(=O)O)OC2)[C@]2(C[C@H]3C[C@H]([C@H](C)/C=C/[C@H](C)C(C)C)[C@@]4(C)CCC5C(=C34)[C@H]2C=C2C[C@@H](O)CC[C@@]25C)C1=O. The number of allylic oxidation sites excluding steroid dienone is 8. The highest BCUT2D eigenvalue weighted by Crippen LogP contribution is 2.74. The fourth-order valence-corrected chi connectivity index (χ4v) is 13.0. The van der Waals surface area contributed by atoms with Crippen molar-refractivity contribution >= 4 is 23.5 Å². The van der Waals surface area contributed by atoms with Gasteiger partial charge in [-0.25, -0.2) is 9.59 Å². The molecule has 10 nitrogen and oxygen atoms in total. The lowest BCUT2D eigenvalue weighted by Gasteiger charge is -2.62. The predicted molar refractivity (Wildman–Crippen MR) is 225 cm³/mol. The van der Waals surface area contributed by atoms with E-state index in [1.807, 2.05) is 0 Å². The van der Waals surface area contributed by atoms with Gasteiger partial charge in [0.15, 0.2) is 5.78 Å². The summed E-state index contributed by atoms with van der Waals surface area (Å²) in [6.07, 6.45) is 15.4. The zero-order valence-corrected chi connectivity index (χ0v) is 36.1. The molecule has 1 aromatic carbocycles. The van der Waals surface area contributed by atoms with Crippen LogP contribution in [0.25, 0.3) is 0 Å². The number of phenolic OH excluding ortho intramolecular Hbond substituents is 2. The number of Topliss-reactive ketones (excluding diaryl/α,β-unsaturated/α-hetero) is 2. The molecule has 1 unspecified atom stereocenters. The smallest absolute Gasteiger partial charge is 0.343 e. The Hall–Kier alpha value is -4.70. The average Bonchev–Trinajstić information content (AvgIpc) is 3.48. The number of aliphatic hydroxyl groups excluding tert-OH is 1. The Bertz CT molecular complexity index is 2250. The van der Waals surface area contributed by atoms with Crippen LogP contribution in [0.1, 0.15) is 109 Å². The molecule has 4 N–H and O–H groups in total. The maximum Gasteiger partial charge on any atom is 0.343 e. The highest BCUT2D eigenvalue weighted by Gasteiger charge is 2.71. The number of benzene rings is 1. The van der Waals surface area contributed by atoms with Crippen molar-refractivity contribution in [1.82, 2.24) is 0 Å². The van der Waals surface area contributed by atoms with Crippen molar-refractivity contribution in [3.05, 3.63) is 93.3 Å². The van der Waals surface area contributed by atoms with Crippen molar-refractivity contribution in [3.8, 4) is 11.5 Å². The molecule has 0 amide bonds. The summed E-state index contributed by atoms with van der Waals surface area (Å²) >= 11 is 0. The topological polar surface area (TPSA) is 168 Å². The lowest BCUT2D eigenvalue weighted by Crippen LogP contribution is -2.64. The minimum Gasteiger partial charge on any atom is -0.508 e. The summed E-state index contributed by atoms with van der Waals surface area (Å²) in [5.41, 5.74) is 0.208. The quantitative estimate of drug-likeness (QED) is 0.0863. The van der Waals surface area contributed by atoms with Gasteiger partial charge in [0.2, 0.25) is 11.4 Å². The van der Waals surface area contributed by atoms with Crippen LogP contribution in [0, 0.1) is 64.6 Å². The van der Waals surface area contributed by atoms with Crippen LogP contribution in [-0.2, 0) is 23.9 Å². The molecule has 2 saturated carbocycles. The number of rotatable bonds is 8. The monoisotopic (exact) mass is 820 g/mol. The third-order valence-corrected chi connectivity index (χ3v) is 16.4. The van der Waals surface area contributed by atoms with E-state index in [-0.39, 0.29) is 69.3 Å². The normalized spacial score (nSPS) is 36.8. The molecule has 60 heavy (non-hydrogen) atoms. The summed E-state index contributed by atoms with van der Waals surface area (Å²) < 4.78 is 12.2. The Labute approximate surface area is 352 Å². The maximum absolute atomic E-state index is 16.2. The Morgan fingerprint density at radius 1 is 1.00 bits per heavy atom. The minimum atomic E-state index is -2.34. The summed E-state index contributed by atoms with van der Waals surface area (Å²) in [5, 5.41) is 41.7. The van der Waals surface area contributed by atoms with Gasteiger partial charge in [0.05, 0.1) is 11.5 Å². The summed E-state index contributed by atoms with van der Waals surface area (Å²) in [5.74, 6) is -3.21. The predicted octanol–water partition coefficient (Wildman–Crippen LogP) is 8.66. The number of ether oxygens (including phenoxy) is 2. The summed E-state index contributed by atoms with van der Waals surface area (Å²) in [4.78, 5) is 57.0. The van der Waals surface area contributed by atoms with Gasteiger partial charge in [-0.1, -0.05) is 76.5 Å². The van der Waals surface area contributed by atoms with Gasteiger partial charge in [-0.3, -0.25) is 9.59 Å². The minimum absolute atomic E-state index is 0.0383. The molecule has 1 spiro atoms. The van der Waals surface area contributed by atoms with E-state index in [4.69, 9.17) is 9.47 Å². The first-order valence-corrected chi connectivity index (χ1v) is 21.8. The number of phenols is 2. The van der Waals surface area contributed by atoms with Crippen molar-refractivity contribution < 1.29 is 49.1 Å². The first-order valence-electron chi connectivity index (χ1n) is 21.8. The molecule has 10 heteroatoms. The Balaban J connectivity index is 1.37. The molecule has 1 aliphatic heterocycles. The molecule has 0 radical (unpaired) electrons. The number of ketones is 2. The largest absolute Gasteiger partial charge is 0.508 e. The molecule has 0 saturated heterocycles. The molecule has 0 bridgehead atoms. The molecule has 7 aliphatic rings. The molecule has 1 aromatic rings. The second-order valence-corrected chi connectivity index (χ2v) is 20.1. The second kappa shape index (κ2) is 14.5. The van der Waals surface area contributed by atoms with E-state index >= 15 is 4.79 Å². The van der Waals surface area contributed by atoms with Crippen LogP contribution in [0.3, 0.4) is 0 Å². The molecule has 8 rings (SSSR count). The van der Waals surface area contributed by atoms with Crippen LogP contribution in [-0.4, -0.2) is 62.2 Å². The number of aromatic hydroxyl groups is 2. The number of fused-ring (bicyclic) bond motifs is 4. The van der Waals surface area contributed by atoms with Crippen LogP contribution in [0.15, 0.2) is 82.2 Å². The van der Waals surface area contributed by atoms with Crippen molar-refractivity contribution in [2.45, 2.75) is 112 Å².